The highest BCUT2D eigenvalue weighted by Gasteiger charge is 2.27. The van der Waals surface area contributed by atoms with Crippen LogP contribution in [0.25, 0.3) is 64.6 Å². The lowest BCUT2D eigenvalue weighted by atomic mass is 9.99. The summed E-state index contributed by atoms with van der Waals surface area (Å²) in [6.45, 7) is 0.611. The van der Waals surface area contributed by atoms with Crippen LogP contribution in [0.15, 0.2) is 164 Å². The molecule has 48 heavy (non-hydrogen) atoms. The molecule has 4 heteroatoms. The molecule has 1 aliphatic heterocycles. The predicted molar refractivity (Wildman–Crippen MR) is 203 cm³/mol. The lowest BCUT2D eigenvalue weighted by Crippen LogP contribution is -2.62. The van der Waals surface area contributed by atoms with Gasteiger partial charge in [-0.1, -0.05) is 133 Å². The van der Waals surface area contributed by atoms with Crippen molar-refractivity contribution < 1.29 is 0 Å². The Labute approximate surface area is 278 Å². The van der Waals surface area contributed by atoms with E-state index >= 15 is 0 Å². The van der Waals surface area contributed by atoms with E-state index in [-0.39, 0.29) is 6.17 Å². The molecular formula is C44H32N4. The Morgan fingerprint density at radius 3 is 1.17 bits per heavy atom. The molecule has 9 aromatic rings. The van der Waals surface area contributed by atoms with Crippen LogP contribution in [0, 0.1) is 0 Å². The predicted octanol–water partition coefficient (Wildman–Crippen LogP) is 10.6. The number of hydrogen-bond donors (Lipinski definition) is 2. The molecule has 0 amide bonds. The van der Waals surface area contributed by atoms with Crippen molar-refractivity contribution in [2.24, 2.45) is 0 Å². The van der Waals surface area contributed by atoms with Crippen LogP contribution in [0.3, 0.4) is 0 Å². The van der Waals surface area contributed by atoms with E-state index in [1.165, 1.54) is 70.2 Å². The van der Waals surface area contributed by atoms with Crippen LogP contribution in [0.1, 0.15) is 11.7 Å². The molecule has 0 atom stereocenters. The van der Waals surface area contributed by atoms with Gasteiger partial charge in [0.1, 0.15) is 12.8 Å². The molecule has 9 aromatic carbocycles. The fourth-order valence-corrected chi connectivity index (χ4v) is 7.54. The van der Waals surface area contributed by atoms with Crippen molar-refractivity contribution in [2.45, 2.75) is 6.17 Å². The fourth-order valence-electron chi connectivity index (χ4n) is 7.54. The van der Waals surface area contributed by atoms with Gasteiger partial charge in [-0.15, -0.1) is 0 Å². The van der Waals surface area contributed by atoms with Crippen LogP contribution < -0.4 is 20.9 Å². The van der Waals surface area contributed by atoms with Gasteiger partial charge in [-0.25, -0.2) is 10.9 Å². The minimum absolute atomic E-state index is 0.173. The Morgan fingerprint density at radius 1 is 0.354 bits per heavy atom. The van der Waals surface area contributed by atoms with Gasteiger partial charge < -0.3 is 0 Å². The zero-order valence-electron chi connectivity index (χ0n) is 26.3. The van der Waals surface area contributed by atoms with Crippen LogP contribution in [0.5, 0.6) is 0 Å². The zero-order valence-corrected chi connectivity index (χ0v) is 26.3. The quantitative estimate of drug-likeness (QED) is 0.193. The molecule has 0 aromatic heterocycles. The summed E-state index contributed by atoms with van der Waals surface area (Å²) in [5.74, 6) is 0. The number of fused-ring (bicyclic) bond motifs is 9. The minimum atomic E-state index is -0.173. The lowest BCUT2D eigenvalue weighted by molar-refractivity contribution is 0.349. The maximum absolute atomic E-state index is 3.86. The third-order valence-electron chi connectivity index (χ3n) is 10.0. The summed E-state index contributed by atoms with van der Waals surface area (Å²) in [6, 6.07) is 59.7. The Balaban J connectivity index is 1.12. The standard InChI is InChI=1S/C44H32N4/c1-4-10-38-29(7-1)13-16-32-19-20-35(25-41(32)38)44-45-47(36-23-21-33-17-14-30-8-2-5-11-39(30)42(33)26-36)28-48(46-44)37-24-22-34-18-15-31-9-3-6-12-40(31)43(34)27-37/h1-27,44-46H,28H2. The lowest BCUT2D eigenvalue weighted by Gasteiger charge is -2.44. The summed E-state index contributed by atoms with van der Waals surface area (Å²) < 4.78 is 0. The van der Waals surface area contributed by atoms with Crippen molar-refractivity contribution in [1.29, 1.82) is 0 Å². The van der Waals surface area contributed by atoms with E-state index in [1.54, 1.807) is 0 Å². The molecule has 1 fully saturated rings. The second-order valence-corrected chi connectivity index (χ2v) is 12.8. The van der Waals surface area contributed by atoms with Gasteiger partial charge in [0.15, 0.2) is 0 Å². The Hall–Kier alpha value is -5.94. The molecule has 1 aliphatic rings. The number of hydrogen-bond acceptors (Lipinski definition) is 4. The first-order valence-electron chi connectivity index (χ1n) is 16.6. The van der Waals surface area contributed by atoms with Crippen LogP contribution in [0.4, 0.5) is 11.4 Å². The molecular weight excluding hydrogens is 585 g/mol. The first kappa shape index (κ1) is 27.2. The Bertz CT molecular complexity index is 2390. The Kier molecular flexibility index (Phi) is 6.13. The highest BCUT2D eigenvalue weighted by Crippen LogP contribution is 2.34. The third kappa shape index (κ3) is 4.46. The Morgan fingerprint density at radius 2 is 0.708 bits per heavy atom. The van der Waals surface area contributed by atoms with E-state index in [9.17, 15) is 0 Å². The van der Waals surface area contributed by atoms with Gasteiger partial charge in [-0.05, 0) is 101 Å². The van der Waals surface area contributed by atoms with E-state index < -0.39 is 0 Å². The van der Waals surface area contributed by atoms with Gasteiger partial charge in [0.25, 0.3) is 0 Å². The first-order chi connectivity index (χ1) is 23.7. The monoisotopic (exact) mass is 616 g/mol. The molecule has 0 unspecified atom stereocenters. The van der Waals surface area contributed by atoms with E-state index in [1.807, 2.05) is 0 Å². The van der Waals surface area contributed by atoms with Crippen molar-refractivity contribution >= 4 is 76.0 Å². The van der Waals surface area contributed by atoms with Crippen molar-refractivity contribution in [3.05, 3.63) is 169 Å². The molecule has 4 nitrogen and oxygen atoms in total. The van der Waals surface area contributed by atoms with E-state index in [0.717, 1.165) is 11.4 Å². The molecule has 2 N–H and O–H groups in total. The van der Waals surface area contributed by atoms with Crippen molar-refractivity contribution in [2.75, 3.05) is 16.7 Å². The van der Waals surface area contributed by atoms with E-state index in [2.05, 4.69) is 185 Å². The van der Waals surface area contributed by atoms with Gasteiger partial charge in [-0.2, -0.15) is 0 Å². The average molecular weight is 617 g/mol. The smallest absolute Gasteiger partial charge is 0.120 e. The molecule has 1 saturated heterocycles. The number of benzene rings is 9. The molecule has 0 bridgehead atoms. The highest BCUT2D eigenvalue weighted by atomic mass is 15.7. The molecule has 0 saturated carbocycles. The topological polar surface area (TPSA) is 30.5 Å². The maximum Gasteiger partial charge on any atom is 0.120 e. The molecule has 228 valence electrons. The molecule has 0 spiro atoms. The number of hydrazine groups is 2. The van der Waals surface area contributed by atoms with E-state index in [4.69, 9.17) is 0 Å². The largest absolute Gasteiger partial charge is 0.286 e. The van der Waals surface area contributed by atoms with Crippen molar-refractivity contribution in [1.82, 2.24) is 10.9 Å². The summed E-state index contributed by atoms with van der Waals surface area (Å²) in [5, 5.41) is 19.6. The summed E-state index contributed by atoms with van der Waals surface area (Å²) in [4.78, 5) is 0. The van der Waals surface area contributed by atoms with Crippen molar-refractivity contribution in [3.8, 4) is 0 Å². The van der Waals surface area contributed by atoms with Gasteiger partial charge >= 0.3 is 0 Å². The molecule has 10 rings (SSSR count). The van der Waals surface area contributed by atoms with Crippen LogP contribution in [-0.2, 0) is 0 Å². The van der Waals surface area contributed by atoms with Crippen LogP contribution >= 0.6 is 0 Å². The van der Waals surface area contributed by atoms with Gasteiger partial charge in [0.2, 0.25) is 0 Å². The molecule has 0 radical (unpaired) electrons. The molecule has 0 aliphatic carbocycles. The van der Waals surface area contributed by atoms with E-state index in [0.29, 0.717) is 6.67 Å². The summed E-state index contributed by atoms with van der Waals surface area (Å²) in [7, 11) is 0. The number of nitrogens with one attached hydrogen (secondary N) is 2. The SMILES string of the molecule is c1ccc2c(c1)ccc1ccc(C3NN(c4ccc5ccc6ccccc6c5c4)CN(c4ccc5ccc6ccccc6c5c4)N3)cc12. The van der Waals surface area contributed by atoms with Crippen molar-refractivity contribution in [3.63, 3.8) is 0 Å². The maximum atomic E-state index is 3.86. The molecule has 1 heterocycles. The highest BCUT2D eigenvalue weighted by molar-refractivity contribution is 6.10. The normalized spacial score (nSPS) is 14.2. The van der Waals surface area contributed by atoms with Gasteiger partial charge in [0, 0.05) is 0 Å². The van der Waals surface area contributed by atoms with Gasteiger partial charge in [0.05, 0.1) is 11.4 Å². The van der Waals surface area contributed by atoms with Gasteiger partial charge in [-0.3, -0.25) is 10.0 Å². The van der Waals surface area contributed by atoms with Crippen LogP contribution in [0.2, 0.25) is 0 Å². The van der Waals surface area contributed by atoms with Crippen LogP contribution in [-0.4, -0.2) is 6.67 Å². The third-order valence-corrected chi connectivity index (χ3v) is 10.0. The first-order valence-corrected chi connectivity index (χ1v) is 16.6. The number of nitrogens with zero attached hydrogens (tertiary/aromatic N) is 2. The second-order valence-electron chi connectivity index (χ2n) is 12.8. The summed E-state index contributed by atoms with van der Waals surface area (Å²) >= 11 is 0. The minimum Gasteiger partial charge on any atom is -0.286 e. The number of anilines is 2. The zero-order chi connectivity index (χ0) is 31.6. The summed E-state index contributed by atoms with van der Waals surface area (Å²) in [6.07, 6.45) is -0.173. The summed E-state index contributed by atoms with van der Waals surface area (Å²) in [5.41, 5.74) is 11.1. The fraction of sp³-hybridized carbons (Fsp3) is 0.0455. The second kappa shape index (κ2) is 10.8. The average Bonchev–Trinajstić information content (AvgIpc) is 3.17. The number of rotatable bonds is 3.